The summed E-state index contributed by atoms with van der Waals surface area (Å²) in [6, 6.07) is 0. The van der Waals surface area contributed by atoms with Crippen molar-refractivity contribution in [2.24, 2.45) is 16.3 Å². The van der Waals surface area contributed by atoms with E-state index in [1.807, 2.05) is 11.8 Å². The molecule has 1 spiro atoms. The van der Waals surface area contributed by atoms with Gasteiger partial charge in [0.1, 0.15) is 0 Å². The second kappa shape index (κ2) is 5.44. The summed E-state index contributed by atoms with van der Waals surface area (Å²) in [7, 11) is 0. The SMILES string of the molecule is CCC(C)(C)CN=C1NC2(CCCC(C)C2)CS1. The first-order chi connectivity index (χ1) is 8.45. The summed E-state index contributed by atoms with van der Waals surface area (Å²) in [6.07, 6.45) is 6.64. The van der Waals surface area contributed by atoms with Crippen molar-refractivity contribution < 1.29 is 0 Å². The van der Waals surface area contributed by atoms with E-state index in [1.165, 1.54) is 43.0 Å². The largest absolute Gasteiger partial charge is 0.359 e. The van der Waals surface area contributed by atoms with Crippen LogP contribution in [0.1, 0.15) is 59.8 Å². The van der Waals surface area contributed by atoms with Crippen LogP contribution in [0.4, 0.5) is 0 Å². The van der Waals surface area contributed by atoms with Crippen LogP contribution < -0.4 is 5.32 Å². The average Bonchev–Trinajstić information content (AvgIpc) is 2.70. The third-order valence-electron chi connectivity index (χ3n) is 4.56. The van der Waals surface area contributed by atoms with E-state index < -0.39 is 0 Å². The summed E-state index contributed by atoms with van der Waals surface area (Å²) in [4.78, 5) is 4.81. The van der Waals surface area contributed by atoms with Gasteiger partial charge < -0.3 is 5.32 Å². The Morgan fingerprint density at radius 3 is 2.94 bits per heavy atom. The van der Waals surface area contributed by atoms with Gasteiger partial charge in [-0.15, -0.1) is 0 Å². The number of rotatable bonds is 3. The molecule has 3 heteroatoms. The third-order valence-corrected chi connectivity index (χ3v) is 5.76. The molecule has 2 atom stereocenters. The Bertz CT molecular complexity index is 324. The molecule has 1 aliphatic carbocycles. The maximum Gasteiger partial charge on any atom is 0.157 e. The number of amidine groups is 1. The molecule has 0 aromatic rings. The molecule has 0 amide bonds. The Morgan fingerprint density at radius 1 is 1.50 bits per heavy atom. The van der Waals surface area contributed by atoms with Gasteiger partial charge in [0.15, 0.2) is 5.17 Å². The minimum atomic E-state index is 0.338. The average molecular weight is 268 g/mol. The van der Waals surface area contributed by atoms with E-state index in [-0.39, 0.29) is 0 Å². The molecule has 2 nitrogen and oxygen atoms in total. The normalized spacial score (nSPS) is 35.1. The fourth-order valence-corrected chi connectivity index (χ4v) is 4.08. The van der Waals surface area contributed by atoms with Gasteiger partial charge in [-0.25, -0.2) is 0 Å². The van der Waals surface area contributed by atoms with Crippen LogP contribution in [-0.2, 0) is 0 Å². The van der Waals surface area contributed by atoms with E-state index in [9.17, 15) is 0 Å². The highest BCUT2D eigenvalue weighted by molar-refractivity contribution is 8.14. The Morgan fingerprint density at radius 2 is 2.28 bits per heavy atom. The maximum atomic E-state index is 4.81. The fraction of sp³-hybridized carbons (Fsp3) is 0.933. The van der Waals surface area contributed by atoms with Crippen molar-refractivity contribution >= 4 is 16.9 Å². The number of aliphatic imine (C=N–C) groups is 1. The highest BCUT2D eigenvalue weighted by Gasteiger charge is 2.40. The summed E-state index contributed by atoms with van der Waals surface area (Å²) < 4.78 is 0. The molecule has 2 rings (SSSR count). The van der Waals surface area contributed by atoms with Crippen LogP contribution in [0.2, 0.25) is 0 Å². The molecule has 0 aromatic carbocycles. The number of nitrogens with zero attached hydrogens (tertiary/aromatic N) is 1. The lowest BCUT2D eigenvalue weighted by Gasteiger charge is -2.36. The first-order valence-electron chi connectivity index (χ1n) is 7.40. The van der Waals surface area contributed by atoms with Crippen LogP contribution in [-0.4, -0.2) is 23.0 Å². The van der Waals surface area contributed by atoms with Gasteiger partial charge in [0.05, 0.1) is 0 Å². The van der Waals surface area contributed by atoms with E-state index in [1.54, 1.807) is 0 Å². The molecule has 1 aliphatic heterocycles. The molecule has 2 fully saturated rings. The highest BCUT2D eigenvalue weighted by Crippen LogP contribution is 2.38. The van der Waals surface area contributed by atoms with Crippen molar-refractivity contribution in [1.82, 2.24) is 5.32 Å². The molecule has 0 aromatic heterocycles. The van der Waals surface area contributed by atoms with E-state index in [0.717, 1.165) is 12.5 Å². The van der Waals surface area contributed by atoms with Gasteiger partial charge in [-0.3, -0.25) is 4.99 Å². The number of hydrogen-bond donors (Lipinski definition) is 1. The van der Waals surface area contributed by atoms with Gasteiger partial charge in [0, 0.05) is 17.8 Å². The van der Waals surface area contributed by atoms with Gasteiger partial charge in [0.2, 0.25) is 0 Å². The van der Waals surface area contributed by atoms with Crippen molar-refractivity contribution in [3.63, 3.8) is 0 Å². The Kier molecular flexibility index (Phi) is 4.30. The summed E-state index contributed by atoms with van der Waals surface area (Å²) in [5.74, 6) is 2.10. The van der Waals surface area contributed by atoms with Crippen LogP contribution in [0.25, 0.3) is 0 Å². The van der Waals surface area contributed by atoms with E-state index in [0.29, 0.717) is 11.0 Å². The zero-order valence-corrected chi connectivity index (χ0v) is 13.2. The van der Waals surface area contributed by atoms with Crippen LogP contribution in [0.5, 0.6) is 0 Å². The molecule has 0 radical (unpaired) electrons. The van der Waals surface area contributed by atoms with Crippen molar-refractivity contribution in [1.29, 1.82) is 0 Å². The second-order valence-electron chi connectivity index (χ2n) is 7.03. The molecular weight excluding hydrogens is 240 g/mol. The Balaban J connectivity index is 1.93. The number of nitrogens with one attached hydrogen (secondary N) is 1. The zero-order chi connectivity index (χ0) is 13.2. The minimum Gasteiger partial charge on any atom is -0.359 e. The maximum absolute atomic E-state index is 4.81. The summed E-state index contributed by atoms with van der Waals surface area (Å²) >= 11 is 1.94. The molecule has 1 heterocycles. The quantitative estimate of drug-likeness (QED) is 0.834. The van der Waals surface area contributed by atoms with E-state index in [4.69, 9.17) is 4.99 Å². The Labute approximate surface area is 116 Å². The van der Waals surface area contributed by atoms with Gasteiger partial charge in [-0.1, -0.05) is 52.3 Å². The number of hydrogen-bond acceptors (Lipinski definition) is 2. The van der Waals surface area contributed by atoms with Gasteiger partial charge in [-0.2, -0.15) is 0 Å². The topological polar surface area (TPSA) is 24.4 Å². The lowest BCUT2D eigenvalue weighted by atomic mass is 9.78. The van der Waals surface area contributed by atoms with Crippen LogP contribution in [0.15, 0.2) is 4.99 Å². The fourth-order valence-electron chi connectivity index (χ4n) is 2.89. The van der Waals surface area contributed by atoms with Crippen molar-refractivity contribution in [3.8, 4) is 0 Å². The van der Waals surface area contributed by atoms with Crippen LogP contribution >= 0.6 is 11.8 Å². The smallest absolute Gasteiger partial charge is 0.157 e. The first kappa shape index (κ1) is 14.2. The molecule has 2 unspecified atom stereocenters. The van der Waals surface area contributed by atoms with Crippen LogP contribution in [0.3, 0.4) is 0 Å². The molecule has 1 N–H and O–H groups in total. The van der Waals surface area contributed by atoms with Gasteiger partial charge >= 0.3 is 0 Å². The Hall–Kier alpha value is -0.180. The van der Waals surface area contributed by atoms with Gasteiger partial charge in [0.25, 0.3) is 0 Å². The monoisotopic (exact) mass is 268 g/mol. The predicted octanol–water partition coefficient (Wildman–Crippen LogP) is 4.06. The molecule has 1 saturated heterocycles. The van der Waals surface area contributed by atoms with Crippen molar-refractivity contribution in [2.45, 2.75) is 65.3 Å². The standard InChI is InChI=1S/C15H28N2S/c1-5-14(3,4)10-16-13-17-15(11-18-13)8-6-7-12(2)9-15/h12H,5-11H2,1-4H3,(H,16,17). The number of thioether (sulfide) groups is 1. The predicted molar refractivity (Wildman–Crippen MR) is 82.3 cm³/mol. The summed E-state index contributed by atoms with van der Waals surface area (Å²) in [5.41, 5.74) is 0.711. The highest BCUT2D eigenvalue weighted by atomic mass is 32.2. The summed E-state index contributed by atoms with van der Waals surface area (Å²) in [6.45, 7) is 10.2. The lowest BCUT2D eigenvalue weighted by Crippen LogP contribution is -2.47. The third kappa shape index (κ3) is 3.43. The van der Waals surface area contributed by atoms with E-state index >= 15 is 0 Å². The molecular formula is C15H28N2S. The molecule has 1 saturated carbocycles. The zero-order valence-electron chi connectivity index (χ0n) is 12.4. The molecule has 104 valence electrons. The molecule has 18 heavy (non-hydrogen) atoms. The van der Waals surface area contributed by atoms with Gasteiger partial charge in [-0.05, 0) is 30.6 Å². The van der Waals surface area contributed by atoms with Crippen molar-refractivity contribution in [2.75, 3.05) is 12.3 Å². The minimum absolute atomic E-state index is 0.338. The second-order valence-corrected chi connectivity index (χ2v) is 8.00. The van der Waals surface area contributed by atoms with Crippen LogP contribution in [0, 0.1) is 11.3 Å². The molecule has 0 bridgehead atoms. The van der Waals surface area contributed by atoms with E-state index in [2.05, 4.69) is 33.0 Å². The summed E-state index contributed by atoms with van der Waals surface area (Å²) in [5, 5.41) is 4.95. The van der Waals surface area contributed by atoms with Crippen molar-refractivity contribution in [3.05, 3.63) is 0 Å². The lowest BCUT2D eigenvalue weighted by molar-refractivity contribution is 0.242. The molecule has 2 aliphatic rings. The first-order valence-corrected chi connectivity index (χ1v) is 8.39.